The lowest BCUT2D eigenvalue weighted by molar-refractivity contribution is 0.0946. The Kier molecular flexibility index (Phi) is 3.63. The van der Waals surface area contributed by atoms with E-state index in [1.54, 1.807) is 11.3 Å². The van der Waals surface area contributed by atoms with Gasteiger partial charge in [-0.25, -0.2) is 4.98 Å². The number of halogens is 1. The molecule has 2 aromatic heterocycles. The summed E-state index contributed by atoms with van der Waals surface area (Å²) in [7, 11) is 0. The SMILES string of the molecule is O=C(NCc1nc2ccccc2s1)c1[nH]c2ccccc2c1Br. The van der Waals surface area contributed by atoms with Crippen LogP contribution in [0, 0.1) is 0 Å². The van der Waals surface area contributed by atoms with Gasteiger partial charge in [-0.3, -0.25) is 4.79 Å². The van der Waals surface area contributed by atoms with Crippen molar-refractivity contribution < 1.29 is 4.79 Å². The number of nitrogens with zero attached hydrogens (tertiary/aromatic N) is 1. The molecule has 2 heterocycles. The number of thiazole rings is 1. The first-order chi connectivity index (χ1) is 11.2. The molecule has 4 nitrogen and oxygen atoms in total. The predicted octanol–water partition coefficient (Wildman–Crippen LogP) is 4.47. The number of aromatic amines is 1. The summed E-state index contributed by atoms with van der Waals surface area (Å²) in [5.74, 6) is -0.146. The van der Waals surface area contributed by atoms with Crippen LogP contribution in [0.4, 0.5) is 0 Å². The molecular formula is C17H12BrN3OS. The zero-order valence-corrected chi connectivity index (χ0v) is 14.4. The maximum absolute atomic E-state index is 12.4. The molecule has 0 saturated carbocycles. The number of carbonyl (C=O) groups is 1. The quantitative estimate of drug-likeness (QED) is 0.546. The lowest BCUT2D eigenvalue weighted by Crippen LogP contribution is -2.23. The molecule has 4 aromatic rings. The van der Waals surface area contributed by atoms with Crippen LogP contribution in [0.25, 0.3) is 21.1 Å². The van der Waals surface area contributed by atoms with Crippen molar-refractivity contribution in [3.63, 3.8) is 0 Å². The van der Waals surface area contributed by atoms with Crippen LogP contribution in [0.3, 0.4) is 0 Å². The molecule has 6 heteroatoms. The molecule has 0 bridgehead atoms. The molecule has 0 saturated heterocycles. The first-order valence-electron chi connectivity index (χ1n) is 7.11. The van der Waals surface area contributed by atoms with Crippen molar-refractivity contribution in [2.24, 2.45) is 0 Å². The number of para-hydroxylation sites is 2. The van der Waals surface area contributed by atoms with Crippen molar-refractivity contribution in [1.82, 2.24) is 15.3 Å². The lowest BCUT2D eigenvalue weighted by atomic mass is 10.2. The standard InChI is InChI=1S/C17H12BrN3OS/c18-15-10-5-1-2-6-11(10)21-16(15)17(22)19-9-14-20-12-7-3-4-8-13(12)23-14/h1-8,21H,9H2,(H,19,22). The second-order valence-corrected chi connectivity index (χ2v) is 7.03. The zero-order chi connectivity index (χ0) is 15.8. The minimum atomic E-state index is -0.146. The van der Waals surface area contributed by atoms with Crippen molar-refractivity contribution in [3.05, 3.63) is 63.7 Å². The topological polar surface area (TPSA) is 57.8 Å². The molecule has 0 aliphatic carbocycles. The molecular weight excluding hydrogens is 374 g/mol. The molecule has 4 rings (SSSR count). The summed E-state index contributed by atoms with van der Waals surface area (Å²) in [5.41, 5.74) is 2.44. The highest BCUT2D eigenvalue weighted by molar-refractivity contribution is 9.10. The third-order valence-electron chi connectivity index (χ3n) is 3.61. The molecule has 0 unspecified atom stereocenters. The number of hydrogen-bond acceptors (Lipinski definition) is 3. The fourth-order valence-electron chi connectivity index (χ4n) is 2.50. The fourth-order valence-corrected chi connectivity index (χ4v) is 4.04. The van der Waals surface area contributed by atoms with Crippen LogP contribution >= 0.6 is 27.3 Å². The minimum absolute atomic E-state index is 0.146. The first-order valence-corrected chi connectivity index (χ1v) is 8.72. The summed E-state index contributed by atoms with van der Waals surface area (Å²) in [6, 6.07) is 15.8. The molecule has 114 valence electrons. The van der Waals surface area contributed by atoms with Crippen molar-refractivity contribution >= 4 is 54.3 Å². The van der Waals surface area contributed by atoms with Crippen LogP contribution in [0.5, 0.6) is 0 Å². The zero-order valence-electron chi connectivity index (χ0n) is 12.0. The molecule has 0 atom stereocenters. The average molecular weight is 386 g/mol. The number of amides is 1. The normalized spacial score (nSPS) is 11.2. The molecule has 0 aliphatic rings. The number of fused-ring (bicyclic) bond motifs is 2. The largest absolute Gasteiger partial charge is 0.350 e. The van der Waals surface area contributed by atoms with Gasteiger partial charge in [0.15, 0.2) is 0 Å². The second-order valence-electron chi connectivity index (χ2n) is 5.12. The number of benzene rings is 2. The van der Waals surface area contributed by atoms with E-state index in [0.717, 1.165) is 30.6 Å². The van der Waals surface area contributed by atoms with Gasteiger partial charge in [-0.1, -0.05) is 30.3 Å². The third kappa shape index (κ3) is 2.64. The van der Waals surface area contributed by atoms with Gasteiger partial charge < -0.3 is 10.3 Å². The van der Waals surface area contributed by atoms with Crippen molar-refractivity contribution in [2.75, 3.05) is 0 Å². The van der Waals surface area contributed by atoms with Gasteiger partial charge in [-0.2, -0.15) is 0 Å². The molecule has 0 radical (unpaired) electrons. The van der Waals surface area contributed by atoms with Gasteiger partial charge in [-0.15, -0.1) is 11.3 Å². The maximum atomic E-state index is 12.4. The van der Waals surface area contributed by atoms with Gasteiger partial charge in [0.05, 0.1) is 21.2 Å². The number of aromatic nitrogens is 2. The van der Waals surface area contributed by atoms with Crippen LogP contribution in [0.15, 0.2) is 53.0 Å². The Bertz CT molecular complexity index is 988. The van der Waals surface area contributed by atoms with E-state index in [-0.39, 0.29) is 5.91 Å². The number of carbonyl (C=O) groups excluding carboxylic acids is 1. The average Bonchev–Trinajstić information content (AvgIpc) is 3.14. The summed E-state index contributed by atoms with van der Waals surface area (Å²) >= 11 is 5.10. The highest BCUT2D eigenvalue weighted by Gasteiger charge is 2.16. The van der Waals surface area contributed by atoms with E-state index < -0.39 is 0 Å². The molecule has 0 aliphatic heterocycles. The van der Waals surface area contributed by atoms with Crippen molar-refractivity contribution in [1.29, 1.82) is 0 Å². The Morgan fingerprint density at radius 2 is 1.96 bits per heavy atom. The molecule has 2 aromatic carbocycles. The highest BCUT2D eigenvalue weighted by Crippen LogP contribution is 2.27. The summed E-state index contributed by atoms with van der Waals surface area (Å²) in [4.78, 5) is 20.1. The predicted molar refractivity (Wildman–Crippen MR) is 96.8 cm³/mol. The summed E-state index contributed by atoms with van der Waals surface area (Å²) in [6.45, 7) is 0.417. The van der Waals surface area contributed by atoms with Crippen molar-refractivity contribution in [2.45, 2.75) is 6.54 Å². The highest BCUT2D eigenvalue weighted by atomic mass is 79.9. The Labute approximate surface area is 144 Å². The minimum Gasteiger partial charge on any atom is -0.350 e. The summed E-state index contributed by atoms with van der Waals surface area (Å²) in [5, 5.41) is 4.82. The lowest BCUT2D eigenvalue weighted by Gasteiger charge is -2.01. The molecule has 23 heavy (non-hydrogen) atoms. The first kappa shape index (κ1) is 14.4. The number of rotatable bonds is 3. The van der Waals surface area contributed by atoms with Crippen LogP contribution in [0.1, 0.15) is 15.5 Å². The Morgan fingerprint density at radius 1 is 1.17 bits per heavy atom. The van der Waals surface area contributed by atoms with E-state index >= 15 is 0 Å². The van der Waals surface area contributed by atoms with Gasteiger partial charge in [0.2, 0.25) is 0 Å². The number of H-pyrrole nitrogens is 1. The van der Waals surface area contributed by atoms with E-state index in [1.165, 1.54) is 0 Å². The van der Waals surface area contributed by atoms with Gasteiger partial charge in [0.25, 0.3) is 5.91 Å². The van der Waals surface area contributed by atoms with Crippen molar-refractivity contribution in [3.8, 4) is 0 Å². The monoisotopic (exact) mass is 385 g/mol. The van der Waals surface area contributed by atoms with E-state index in [2.05, 4.69) is 31.2 Å². The summed E-state index contributed by atoms with van der Waals surface area (Å²) < 4.78 is 1.92. The van der Waals surface area contributed by atoms with Crippen LogP contribution in [-0.4, -0.2) is 15.9 Å². The van der Waals surface area contributed by atoms with Crippen LogP contribution < -0.4 is 5.32 Å². The molecule has 0 fully saturated rings. The van der Waals surface area contributed by atoms with Gasteiger partial charge in [0.1, 0.15) is 10.7 Å². The maximum Gasteiger partial charge on any atom is 0.269 e. The van der Waals surface area contributed by atoms with E-state index in [0.29, 0.717) is 12.2 Å². The van der Waals surface area contributed by atoms with E-state index in [9.17, 15) is 4.79 Å². The molecule has 0 spiro atoms. The van der Waals surface area contributed by atoms with Crippen LogP contribution in [-0.2, 0) is 6.54 Å². The fraction of sp³-hybridized carbons (Fsp3) is 0.0588. The Balaban J connectivity index is 1.56. The van der Waals surface area contributed by atoms with Gasteiger partial charge in [0, 0.05) is 10.9 Å². The Morgan fingerprint density at radius 3 is 2.78 bits per heavy atom. The molecule has 2 N–H and O–H groups in total. The smallest absolute Gasteiger partial charge is 0.269 e. The van der Waals surface area contributed by atoms with E-state index in [1.807, 2.05) is 48.5 Å². The summed E-state index contributed by atoms with van der Waals surface area (Å²) in [6.07, 6.45) is 0. The number of nitrogens with one attached hydrogen (secondary N) is 2. The number of hydrogen-bond donors (Lipinski definition) is 2. The Hall–Kier alpha value is -2.18. The van der Waals surface area contributed by atoms with E-state index in [4.69, 9.17) is 0 Å². The van der Waals surface area contributed by atoms with Crippen LogP contribution in [0.2, 0.25) is 0 Å². The van der Waals surface area contributed by atoms with Gasteiger partial charge >= 0.3 is 0 Å². The second kappa shape index (κ2) is 5.79. The molecule has 1 amide bonds. The third-order valence-corrected chi connectivity index (χ3v) is 5.47. The van der Waals surface area contributed by atoms with Gasteiger partial charge in [-0.05, 0) is 34.1 Å².